The van der Waals surface area contributed by atoms with Crippen LogP contribution in [-0.2, 0) is 4.79 Å². The van der Waals surface area contributed by atoms with Crippen molar-refractivity contribution in [1.82, 2.24) is 5.32 Å². The molecule has 2 unspecified atom stereocenters. The number of hydrogen-bond donors (Lipinski definition) is 3. The van der Waals surface area contributed by atoms with Gasteiger partial charge in [0.15, 0.2) is 0 Å². The molecule has 0 spiro atoms. The predicted molar refractivity (Wildman–Crippen MR) is 63.9 cm³/mol. The van der Waals surface area contributed by atoms with Crippen LogP contribution in [0.5, 0.6) is 0 Å². The third-order valence-electron chi connectivity index (χ3n) is 3.52. The fourth-order valence-electron chi connectivity index (χ4n) is 2.10. The largest absolute Gasteiger partial charge is 0.392 e. The highest BCUT2D eigenvalue weighted by molar-refractivity contribution is 5.85. The minimum atomic E-state index is -0.851. The fraction of sp³-hybridized carbons (Fsp3) is 0.917. The molecular formula is C12H24N2O2. The Labute approximate surface area is 97.6 Å². The normalized spacial score (nSPS) is 31.2. The Morgan fingerprint density at radius 2 is 2.19 bits per heavy atom. The Balaban J connectivity index is 2.50. The number of carbonyl (C=O) groups excluding carboxylic acids is 1. The van der Waals surface area contributed by atoms with E-state index in [9.17, 15) is 9.90 Å². The Morgan fingerprint density at radius 3 is 2.69 bits per heavy atom. The quantitative estimate of drug-likeness (QED) is 0.668. The van der Waals surface area contributed by atoms with E-state index in [4.69, 9.17) is 5.73 Å². The molecule has 2 atom stereocenters. The van der Waals surface area contributed by atoms with Crippen LogP contribution in [0.3, 0.4) is 0 Å². The molecule has 1 aliphatic carbocycles. The summed E-state index contributed by atoms with van der Waals surface area (Å²) < 4.78 is 0. The van der Waals surface area contributed by atoms with E-state index in [0.29, 0.717) is 6.54 Å². The first kappa shape index (κ1) is 13.5. The van der Waals surface area contributed by atoms with Crippen LogP contribution in [0.2, 0.25) is 0 Å². The van der Waals surface area contributed by atoms with Crippen molar-refractivity contribution >= 4 is 5.91 Å². The number of aliphatic hydroxyl groups excluding tert-OH is 1. The molecule has 94 valence electrons. The maximum absolute atomic E-state index is 11.6. The molecule has 0 aromatic heterocycles. The van der Waals surface area contributed by atoms with E-state index in [-0.39, 0.29) is 17.4 Å². The van der Waals surface area contributed by atoms with Crippen LogP contribution in [0.4, 0.5) is 0 Å². The summed E-state index contributed by atoms with van der Waals surface area (Å²) in [5, 5.41) is 12.8. The molecule has 0 aliphatic heterocycles. The average molecular weight is 228 g/mol. The standard InChI is InChI=1S/C12H24N2O2/c1-11(2,13)10(16)14-8-12(3)7-5-4-6-9(12)15/h9,15H,4-8,13H2,1-3H3,(H,14,16). The van der Waals surface area contributed by atoms with Gasteiger partial charge in [-0.3, -0.25) is 4.79 Å². The third-order valence-corrected chi connectivity index (χ3v) is 3.52. The predicted octanol–water partition coefficient (Wildman–Crippen LogP) is 0.781. The van der Waals surface area contributed by atoms with Crippen molar-refractivity contribution in [2.24, 2.45) is 11.1 Å². The smallest absolute Gasteiger partial charge is 0.239 e. The molecule has 1 fully saturated rings. The Morgan fingerprint density at radius 1 is 1.56 bits per heavy atom. The van der Waals surface area contributed by atoms with E-state index in [0.717, 1.165) is 25.7 Å². The second-order valence-electron chi connectivity index (χ2n) is 5.82. The zero-order chi connectivity index (χ0) is 12.4. The van der Waals surface area contributed by atoms with E-state index < -0.39 is 5.54 Å². The van der Waals surface area contributed by atoms with Gasteiger partial charge in [0.1, 0.15) is 0 Å². The van der Waals surface area contributed by atoms with E-state index in [1.54, 1.807) is 13.8 Å². The van der Waals surface area contributed by atoms with Gasteiger partial charge in [0.2, 0.25) is 5.91 Å². The lowest BCUT2D eigenvalue weighted by Gasteiger charge is -2.39. The first-order valence-electron chi connectivity index (χ1n) is 6.01. The summed E-state index contributed by atoms with van der Waals surface area (Å²) >= 11 is 0. The van der Waals surface area contributed by atoms with Crippen LogP contribution in [0, 0.1) is 5.41 Å². The minimum Gasteiger partial charge on any atom is -0.392 e. The molecule has 0 bridgehead atoms. The van der Waals surface area contributed by atoms with Crippen molar-refractivity contribution in [2.45, 2.75) is 58.1 Å². The number of aliphatic hydroxyl groups is 1. The number of nitrogens with two attached hydrogens (primary N) is 1. The second-order valence-corrected chi connectivity index (χ2v) is 5.82. The second kappa shape index (κ2) is 4.72. The Bertz CT molecular complexity index is 260. The topological polar surface area (TPSA) is 75.4 Å². The van der Waals surface area contributed by atoms with Gasteiger partial charge in [0.05, 0.1) is 11.6 Å². The first-order valence-corrected chi connectivity index (χ1v) is 6.01. The monoisotopic (exact) mass is 228 g/mol. The lowest BCUT2D eigenvalue weighted by atomic mass is 9.73. The van der Waals surface area contributed by atoms with Crippen LogP contribution in [0.25, 0.3) is 0 Å². The molecule has 0 aromatic rings. The summed E-state index contributed by atoms with van der Waals surface area (Å²) in [7, 11) is 0. The maximum atomic E-state index is 11.6. The summed E-state index contributed by atoms with van der Waals surface area (Å²) in [6.45, 7) is 5.90. The summed E-state index contributed by atoms with van der Waals surface area (Å²) in [4.78, 5) is 11.6. The molecular weight excluding hydrogens is 204 g/mol. The molecule has 0 radical (unpaired) electrons. The van der Waals surface area contributed by atoms with E-state index in [2.05, 4.69) is 5.32 Å². The van der Waals surface area contributed by atoms with Crippen LogP contribution >= 0.6 is 0 Å². The molecule has 0 aromatic carbocycles. The molecule has 4 heteroatoms. The van der Waals surface area contributed by atoms with Crippen LogP contribution in [0.1, 0.15) is 46.5 Å². The van der Waals surface area contributed by atoms with Gasteiger partial charge in [-0.05, 0) is 26.7 Å². The Hall–Kier alpha value is -0.610. The minimum absolute atomic E-state index is 0.161. The van der Waals surface area contributed by atoms with Gasteiger partial charge >= 0.3 is 0 Å². The number of carbonyl (C=O) groups is 1. The Kier molecular flexibility index (Phi) is 3.97. The molecule has 16 heavy (non-hydrogen) atoms. The maximum Gasteiger partial charge on any atom is 0.239 e. The van der Waals surface area contributed by atoms with Crippen molar-refractivity contribution in [3.8, 4) is 0 Å². The van der Waals surface area contributed by atoms with Crippen molar-refractivity contribution in [2.75, 3.05) is 6.54 Å². The molecule has 1 aliphatic rings. The van der Waals surface area contributed by atoms with Gasteiger partial charge < -0.3 is 16.2 Å². The molecule has 1 rings (SSSR count). The molecule has 1 amide bonds. The van der Waals surface area contributed by atoms with Gasteiger partial charge in [-0.25, -0.2) is 0 Å². The average Bonchev–Trinajstić information content (AvgIpc) is 2.18. The van der Waals surface area contributed by atoms with E-state index in [1.165, 1.54) is 0 Å². The van der Waals surface area contributed by atoms with Gasteiger partial charge in [0, 0.05) is 12.0 Å². The zero-order valence-electron chi connectivity index (χ0n) is 10.5. The van der Waals surface area contributed by atoms with Crippen LogP contribution in [-0.4, -0.2) is 29.2 Å². The van der Waals surface area contributed by atoms with Gasteiger partial charge in [-0.1, -0.05) is 19.8 Å². The highest BCUT2D eigenvalue weighted by atomic mass is 16.3. The molecule has 0 heterocycles. The van der Waals surface area contributed by atoms with Crippen molar-refractivity contribution in [3.05, 3.63) is 0 Å². The van der Waals surface area contributed by atoms with Crippen molar-refractivity contribution in [1.29, 1.82) is 0 Å². The fourth-order valence-corrected chi connectivity index (χ4v) is 2.10. The first-order chi connectivity index (χ1) is 7.26. The molecule has 1 saturated carbocycles. The van der Waals surface area contributed by atoms with E-state index >= 15 is 0 Å². The van der Waals surface area contributed by atoms with Gasteiger partial charge in [0.25, 0.3) is 0 Å². The molecule has 4 N–H and O–H groups in total. The number of rotatable bonds is 3. The third kappa shape index (κ3) is 3.19. The van der Waals surface area contributed by atoms with E-state index in [1.807, 2.05) is 6.92 Å². The number of hydrogen-bond acceptors (Lipinski definition) is 3. The molecule has 4 nitrogen and oxygen atoms in total. The van der Waals surface area contributed by atoms with Crippen LogP contribution in [0.15, 0.2) is 0 Å². The molecule has 0 saturated heterocycles. The summed E-state index contributed by atoms with van der Waals surface area (Å²) in [5.41, 5.74) is 4.65. The lowest BCUT2D eigenvalue weighted by Crippen LogP contribution is -2.53. The van der Waals surface area contributed by atoms with Crippen molar-refractivity contribution < 1.29 is 9.90 Å². The number of amides is 1. The van der Waals surface area contributed by atoms with Crippen LogP contribution < -0.4 is 11.1 Å². The van der Waals surface area contributed by atoms with Crippen molar-refractivity contribution in [3.63, 3.8) is 0 Å². The summed E-state index contributed by atoms with van der Waals surface area (Å²) in [5.74, 6) is -0.161. The highest BCUT2D eigenvalue weighted by Gasteiger charge is 2.36. The van der Waals surface area contributed by atoms with Gasteiger partial charge in [-0.2, -0.15) is 0 Å². The zero-order valence-corrected chi connectivity index (χ0v) is 10.5. The SMILES string of the molecule is CC(C)(N)C(=O)NCC1(C)CCCCC1O. The van der Waals surface area contributed by atoms with Gasteiger partial charge in [-0.15, -0.1) is 0 Å². The number of nitrogens with one attached hydrogen (secondary N) is 1. The summed E-state index contributed by atoms with van der Waals surface area (Å²) in [6, 6.07) is 0. The highest BCUT2D eigenvalue weighted by Crippen LogP contribution is 2.35. The lowest BCUT2D eigenvalue weighted by molar-refractivity contribution is -0.126. The summed E-state index contributed by atoms with van der Waals surface area (Å²) in [6.07, 6.45) is 3.67.